The van der Waals surface area contributed by atoms with Crippen LogP contribution in [0.4, 0.5) is 17.6 Å². The standard InChI is InChI=1S/C13H15F4NO/c1-7-9(4-5-19-7)12(18)8-2-3-10(11(14)6-8)13(15,16)17/h2-3,6-7,9,12H,4-5,18H2,1H3. The van der Waals surface area contributed by atoms with Gasteiger partial charge in [-0.2, -0.15) is 13.2 Å². The topological polar surface area (TPSA) is 35.2 Å². The minimum absolute atomic E-state index is 0.00358. The van der Waals surface area contributed by atoms with E-state index in [0.717, 1.165) is 18.6 Å². The van der Waals surface area contributed by atoms with Crippen molar-refractivity contribution in [2.75, 3.05) is 6.61 Å². The van der Waals surface area contributed by atoms with Gasteiger partial charge in [-0.3, -0.25) is 0 Å². The second-order valence-electron chi connectivity index (χ2n) is 4.79. The van der Waals surface area contributed by atoms with Crippen molar-refractivity contribution < 1.29 is 22.3 Å². The normalized spacial score (nSPS) is 25.6. The summed E-state index contributed by atoms with van der Waals surface area (Å²) >= 11 is 0. The number of ether oxygens (including phenoxy) is 1. The average Bonchev–Trinajstić information content (AvgIpc) is 2.72. The number of hydrogen-bond acceptors (Lipinski definition) is 2. The fourth-order valence-electron chi connectivity index (χ4n) is 2.44. The summed E-state index contributed by atoms with van der Waals surface area (Å²) in [5.74, 6) is -1.29. The van der Waals surface area contributed by atoms with Gasteiger partial charge in [-0.25, -0.2) is 4.39 Å². The van der Waals surface area contributed by atoms with Crippen molar-refractivity contribution in [2.45, 2.75) is 31.7 Å². The molecule has 2 nitrogen and oxygen atoms in total. The van der Waals surface area contributed by atoms with E-state index in [1.807, 2.05) is 6.92 Å². The molecule has 2 N–H and O–H groups in total. The summed E-state index contributed by atoms with van der Waals surface area (Å²) in [6, 6.07) is 2.33. The summed E-state index contributed by atoms with van der Waals surface area (Å²) in [5, 5.41) is 0. The van der Waals surface area contributed by atoms with Gasteiger partial charge >= 0.3 is 6.18 Å². The van der Waals surface area contributed by atoms with Crippen molar-refractivity contribution in [3.63, 3.8) is 0 Å². The van der Waals surface area contributed by atoms with E-state index in [1.54, 1.807) is 0 Å². The Bertz CT molecular complexity index is 460. The molecular weight excluding hydrogens is 262 g/mol. The van der Waals surface area contributed by atoms with Gasteiger partial charge in [0.2, 0.25) is 0 Å². The highest BCUT2D eigenvalue weighted by atomic mass is 19.4. The van der Waals surface area contributed by atoms with Gasteiger partial charge in [0.15, 0.2) is 0 Å². The van der Waals surface area contributed by atoms with Gasteiger partial charge in [-0.05, 0) is 31.0 Å². The van der Waals surface area contributed by atoms with Crippen molar-refractivity contribution in [2.24, 2.45) is 11.7 Å². The quantitative estimate of drug-likeness (QED) is 0.842. The molecule has 0 radical (unpaired) electrons. The third-order valence-electron chi connectivity index (χ3n) is 3.58. The minimum Gasteiger partial charge on any atom is -0.378 e. The zero-order valence-electron chi connectivity index (χ0n) is 10.4. The molecule has 19 heavy (non-hydrogen) atoms. The van der Waals surface area contributed by atoms with Crippen molar-refractivity contribution in [3.8, 4) is 0 Å². The lowest BCUT2D eigenvalue weighted by Crippen LogP contribution is -2.26. The molecule has 1 heterocycles. The van der Waals surface area contributed by atoms with Crippen LogP contribution in [0, 0.1) is 11.7 Å². The Balaban J connectivity index is 2.24. The Morgan fingerprint density at radius 1 is 1.37 bits per heavy atom. The van der Waals surface area contributed by atoms with Gasteiger partial charge in [-0.1, -0.05) is 6.07 Å². The van der Waals surface area contributed by atoms with Crippen LogP contribution in [0.5, 0.6) is 0 Å². The van der Waals surface area contributed by atoms with Crippen LogP contribution in [0.15, 0.2) is 18.2 Å². The van der Waals surface area contributed by atoms with Gasteiger partial charge in [-0.15, -0.1) is 0 Å². The molecule has 1 aromatic rings. The van der Waals surface area contributed by atoms with E-state index in [9.17, 15) is 17.6 Å². The van der Waals surface area contributed by atoms with Crippen molar-refractivity contribution in [1.82, 2.24) is 0 Å². The van der Waals surface area contributed by atoms with E-state index in [1.165, 1.54) is 6.07 Å². The number of benzene rings is 1. The van der Waals surface area contributed by atoms with Crippen LogP contribution in [0.1, 0.15) is 30.5 Å². The summed E-state index contributed by atoms with van der Waals surface area (Å²) < 4.78 is 56.2. The first-order valence-electron chi connectivity index (χ1n) is 6.04. The number of nitrogens with two attached hydrogens (primary N) is 1. The maximum atomic E-state index is 13.5. The molecule has 0 saturated carbocycles. The first-order chi connectivity index (χ1) is 8.80. The Hall–Kier alpha value is -1.14. The number of alkyl halides is 3. The van der Waals surface area contributed by atoms with E-state index in [4.69, 9.17) is 10.5 Å². The molecule has 0 spiro atoms. The Labute approximate surface area is 108 Å². The average molecular weight is 277 g/mol. The molecule has 6 heteroatoms. The van der Waals surface area contributed by atoms with E-state index < -0.39 is 23.6 Å². The fraction of sp³-hybridized carbons (Fsp3) is 0.538. The summed E-state index contributed by atoms with van der Waals surface area (Å²) in [6.45, 7) is 2.43. The molecule has 0 amide bonds. The van der Waals surface area contributed by atoms with Crippen LogP contribution in [0.2, 0.25) is 0 Å². The second kappa shape index (κ2) is 5.09. The predicted molar refractivity (Wildman–Crippen MR) is 61.9 cm³/mol. The molecule has 1 aromatic carbocycles. The highest BCUT2D eigenvalue weighted by molar-refractivity contribution is 5.29. The molecule has 1 saturated heterocycles. The van der Waals surface area contributed by atoms with Crippen molar-refractivity contribution >= 4 is 0 Å². The largest absolute Gasteiger partial charge is 0.419 e. The van der Waals surface area contributed by atoms with E-state index in [-0.39, 0.29) is 12.0 Å². The van der Waals surface area contributed by atoms with E-state index >= 15 is 0 Å². The summed E-state index contributed by atoms with van der Waals surface area (Å²) in [4.78, 5) is 0. The molecule has 106 valence electrons. The van der Waals surface area contributed by atoms with Crippen LogP contribution in [0.3, 0.4) is 0 Å². The van der Waals surface area contributed by atoms with E-state index in [0.29, 0.717) is 12.2 Å². The fourth-order valence-corrected chi connectivity index (χ4v) is 2.44. The molecule has 2 rings (SSSR count). The molecule has 3 unspecified atom stereocenters. The molecule has 1 fully saturated rings. The molecule has 3 atom stereocenters. The zero-order valence-corrected chi connectivity index (χ0v) is 10.4. The number of rotatable bonds is 2. The molecule has 0 aliphatic carbocycles. The summed E-state index contributed by atoms with van der Waals surface area (Å²) in [7, 11) is 0. The summed E-state index contributed by atoms with van der Waals surface area (Å²) in [5.41, 5.74) is 5.09. The number of hydrogen-bond donors (Lipinski definition) is 1. The lowest BCUT2D eigenvalue weighted by atomic mass is 9.88. The van der Waals surface area contributed by atoms with Crippen LogP contribution in [-0.2, 0) is 10.9 Å². The van der Waals surface area contributed by atoms with Crippen molar-refractivity contribution in [1.29, 1.82) is 0 Å². The second-order valence-corrected chi connectivity index (χ2v) is 4.79. The monoisotopic (exact) mass is 277 g/mol. The lowest BCUT2D eigenvalue weighted by Gasteiger charge is -2.23. The maximum absolute atomic E-state index is 13.5. The molecule has 0 bridgehead atoms. The SMILES string of the molecule is CC1OCCC1C(N)c1ccc(C(F)(F)F)c(F)c1. The summed E-state index contributed by atoms with van der Waals surface area (Å²) in [6.07, 6.45) is -4.03. The highest BCUT2D eigenvalue weighted by Crippen LogP contribution is 2.35. The Morgan fingerprint density at radius 3 is 2.53 bits per heavy atom. The smallest absolute Gasteiger partial charge is 0.378 e. The Kier molecular flexibility index (Phi) is 3.82. The lowest BCUT2D eigenvalue weighted by molar-refractivity contribution is -0.140. The highest BCUT2D eigenvalue weighted by Gasteiger charge is 2.35. The molecule has 0 aromatic heterocycles. The minimum atomic E-state index is -4.68. The van der Waals surface area contributed by atoms with Gasteiger partial charge in [0.05, 0.1) is 11.7 Å². The van der Waals surface area contributed by atoms with Crippen LogP contribution in [-0.4, -0.2) is 12.7 Å². The van der Waals surface area contributed by atoms with Crippen molar-refractivity contribution in [3.05, 3.63) is 35.1 Å². The van der Waals surface area contributed by atoms with Gasteiger partial charge < -0.3 is 10.5 Å². The van der Waals surface area contributed by atoms with Crippen LogP contribution >= 0.6 is 0 Å². The number of halogens is 4. The van der Waals surface area contributed by atoms with Gasteiger partial charge in [0.25, 0.3) is 0 Å². The maximum Gasteiger partial charge on any atom is 0.419 e. The zero-order chi connectivity index (χ0) is 14.2. The Morgan fingerprint density at radius 2 is 2.05 bits per heavy atom. The molecular formula is C13H15F4NO. The van der Waals surface area contributed by atoms with Crippen LogP contribution in [0.25, 0.3) is 0 Å². The first-order valence-corrected chi connectivity index (χ1v) is 6.04. The third-order valence-corrected chi connectivity index (χ3v) is 3.58. The molecule has 1 aliphatic rings. The first kappa shape index (κ1) is 14.3. The van der Waals surface area contributed by atoms with Gasteiger partial charge in [0, 0.05) is 18.6 Å². The molecule has 1 aliphatic heterocycles. The van der Waals surface area contributed by atoms with Gasteiger partial charge in [0.1, 0.15) is 5.82 Å². The van der Waals surface area contributed by atoms with E-state index in [2.05, 4.69) is 0 Å². The third kappa shape index (κ3) is 2.90. The predicted octanol–water partition coefficient (Wildman–Crippen LogP) is 3.27. The van der Waals surface area contributed by atoms with Crippen LogP contribution < -0.4 is 5.73 Å².